The quantitative estimate of drug-likeness (QED) is 0.720. The van der Waals surface area contributed by atoms with Crippen molar-refractivity contribution in [2.24, 2.45) is 0 Å². The predicted octanol–water partition coefficient (Wildman–Crippen LogP) is 3.38. The van der Waals surface area contributed by atoms with E-state index in [-0.39, 0.29) is 29.1 Å². The van der Waals surface area contributed by atoms with Gasteiger partial charge in [0.25, 0.3) is 5.91 Å². The summed E-state index contributed by atoms with van der Waals surface area (Å²) in [5, 5.41) is 5.83. The van der Waals surface area contributed by atoms with E-state index in [9.17, 15) is 14.4 Å². The number of thioether (sulfide) groups is 1. The fraction of sp³-hybridized carbons (Fsp3) is 0.609. The van der Waals surface area contributed by atoms with Crippen LogP contribution in [0.3, 0.4) is 0 Å². The van der Waals surface area contributed by atoms with Crippen molar-refractivity contribution >= 4 is 29.5 Å². The van der Waals surface area contributed by atoms with E-state index in [1.165, 1.54) is 12.8 Å². The van der Waals surface area contributed by atoms with Crippen LogP contribution in [0.2, 0.25) is 0 Å². The Morgan fingerprint density at radius 3 is 2.50 bits per heavy atom. The van der Waals surface area contributed by atoms with Crippen molar-refractivity contribution in [1.82, 2.24) is 15.5 Å². The third-order valence-corrected chi connectivity index (χ3v) is 8.03. The molecule has 7 heteroatoms. The molecule has 6 nitrogen and oxygen atoms in total. The minimum atomic E-state index is -0.638. The maximum atomic E-state index is 13.3. The van der Waals surface area contributed by atoms with Crippen molar-refractivity contribution < 1.29 is 14.4 Å². The molecule has 1 saturated heterocycles. The van der Waals surface area contributed by atoms with Gasteiger partial charge in [0, 0.05) is 16.4 Å². The van der Waals surface area contributed by atoms with E-state index >= 15 is 0 Å². The number of benzene rings is 1. The monoisotopic (exact) mass is 429 g/mol. The lowest BCUT2D eigenvalue weighted by Gasteiger charge is -2.30. The molecule has 1 aromatic rings. The van der Waals surface area contributed by atoms with E-state index in [0.29, 0.717) is 5.56 Å². The number of hydrogen-bond acceptors (Lipinski definition) is 4. The van der Waals surface area contributed by atoms with Crippen molar-refractivity contribution in [2.75, 3.05) is 0 Å². The molecular weight excluding hydrogens is 398 g/mol. The Morgan fingerprint density at radius 2 is 1.80 bits per heavy atom. The summed E-state index contributed by atoms with van der Waals surface area (Å²) in [6.07, 6.45) is 6.72. The number of carbonyl (C=O) groups excluding carboxylic acids is 3. The minimum absolute atomic E-state index is 0.107. The second kappa shape index (κ2) is 8.25. The topological polar surface area (TPSA) is 78.5 Å². The van der Waals surface area contributed by atoms with Crippen molar-refractivity contribution in [3.8, 4) is 0 Å². The first-order chi connectivity index (χ1) is 14.3. The first-order valence-electron chi connectivity index (χ1n) is 11.0. The van der Waals surface area contributed by atoms with Gasteiger partial charge in [-0.1, -0.05) is 43.9 Å². The molecule has 4 rings (SSSR count). The van der Waals surface area contributed by atoms with Crippen molar-refractivity contribution in [1.29, 1.82) is 0 Å². The van der Waals surface area contributed by atoms with Crippen LogP contribution >= 0.6 is 11.8 Å². The predicted molar refractivity (Wildman–Crippen MR) is 118 cm³/mol. The van der Waals surface area contributed by atoms with E-state index < -0.39 is 16.8 Å². The van der Waals surface area contributed by atoms with Crippen LogP contribution in [0.25, 0.3) is 0 Å². The molecule has 1 aromatic carbocycles. The number of hydrogen-bond donors (Lipinski definition) is 2. The van der Waals surface area contributed by atoms with Crippen LogP contribution in [0, 0.1) is 0 Å². The fourth-order valence-electron chi connectivity index (χ4n) is 4.91. The molecule has 3 atom stereocenters. The summed E-state index contributed by atoms with van der Waals surface area (Å²) in [5.74, 6) is -0.518. The summed E-state index contributed by atoms with van der Waals surface area (Å²) in [6.45, 7) is 5.70. The number of fused-ring (bicyclic) bond motifs is 3. The Balaban J connectivity index is 1.45. The molecule has 1 aliphatic carbocycles. The molecule has 0 aromatic heterocycles. The molecule has 0 bridgehead atoms. The molecular formula is C23H31N3O3S. The van der Waals surface area contributed by atoms with Crippen LogP contribution in [0.4, 0.5) is 0 Å². The molecule has 1 saturated carbocycles. The summed E-state index contributed by atoms with van der Waals surface area (Å²) in [6, 6.07) is 6.49. The molecule has 162 valence electrons. The van der Waals surface area contributed by atoms with E-state index in [2.05, 4.69) is 10.6 Å². The summed E-state index contributed by atoms with van der Waals surface area (Å²) in [7, 11) is 0. The lowest BCUT2D eigenvalue weighted by atomic mass is 10.00. The Bertz CT molecular complexity index is 848. The number of rotatable bonds is 4. The van der Waals surface area contributed by atoms with Crippen LogP contribution in [-0.2, 0) is 9.59 Å². The number of nitrogens with zero attached hydrogens (tertiary/aromatic N) is 1. The van der Waals surface area contributed by atoms with Gasteiger partial charge in [-0.25, -0.2) is 0 Å². The largest absolute Gasteiger partial charge is 0.352 e. The summed E-state index contributed by atoms with van der Waals surface area (Å²) >= 11 is 1.63. The highest BCUT2D eigenvalue weighted by atomic mass is 32.2. The van der Waals surface area contributed by atoms with Gasteiger partial charge in [-0.3, -0.25) is 14.4 Å². The molecule has 2 fully saturated rings. The second-order valence-electron chi connectivity index (χ2n) is 9.20. The number of amides is 3. The Labute approximate surface area is 182 Å². The lowest BCUT2D eigenvalue weighted by molar-refractivity contribution is -0.131. The smallest absolute Gasteiger partial charge is 0.256 e. The van der Waals surface area contributed by atoms with Gasteiger partial charge in [-0.15, -0.1) is 11.8 Å². The van der Waals surface area contributed by atoms with Gasteiger partial charge < -0.3 is 15.5 Å². The molecule has 3 amide bonds. The minimum Gasteiger partial charge on any atom is -0.352 e. The summed E-state index contributed by atoms with van der Waals surface area (Å²) in [5.41, 5.74) is 1.64. The highest BCUT2D eigenvalue weighted by Crippen LogP contribution is 2.56. The first-order valence-corrected chi connectivity index (χ1v) is 11.9. The fourth-order valence-corrected chi connectivity index (χ4v) is 6.50. The summed E-state index contributed by atoms with van der Waals surface area (Å²) in [4.78, 5) is 40.7. The van der Waals surface area contributed by atoms with Crippen LogP contribution in [0.15, 0.2) is 24.3 Å². The number of nitrogens with one attached hydrogen (secondary N) is 2. The average Bonchev–Trinajstić information content (AvgIpc) is 2.97. The van der Waals surface area contributed by atoms with E-state index in [1.54, 1.807) is 23.6 Å². The second-order valence-corrected chi connectivity index (χ2v) is 10.9. The maximum absolute atomic E-state index is 13.3. The highest BCUT2D eigenvalue weighted by Gasteiger charge is 2.57. The normalized spacial score (nSPS) is 26.5. The van der Waals surface area contributed by atoms with Gasteiger partial charge in [0.15, 0.2) is 0 Å². The lowest BCUT2D eigenvalue weighted by Crippen LogP contribution is -2.57. The molecule has 2 aliphatic heterocycles. The van der Waals surface area contributed by atoms with Gasteiger partial charge in [0.05, 0.1) is 0 Å². The summed E-state index contributed by atoms with van der Waals surface area (Å²) < 4.78 is -0.449. The average molecular weight is 430 g/mol. The van der Waals surface area contributed by atoms with Gasteiger partial charge >= 0.3 is 0 Å². The molecule has 3 aliphatic rings. The maximum Gasteiger partial charge on any atom is 0.256 e. The van der Waals surface area contributed by atoms with Crippen molar-refractivity contribution in [2.45, 2.75) is 87.5 Å². The van der Waals surface area contributed by atoms with Gasteiger partial charge in [0.2, 0.25) is 11.8 Å². The molecule has 2 N–H and O–H groups in total. The standard InChI is InChI=1S/C23H31N3O3S/c1-14(19(27)25-15-10-6-4-5-7-11-15)24-20(28)18-23(2,3)30-22-17-13-9-8-12-16(17)21(29)26(18)22/h8-9,12-15,18,22H,4-7,10-11H2,1-3H3,(H,24,28)(H,25,27)/t14-,18+,22?/m0/s1. The van der Waals surface area contributed by atoms with E-state index in [4.69, 9.17) is 0 Å². The number of carbonyl (C=O) groups is 3. The van der Waals surface area contributed by atoms with Gasteiger partial charge in [-0.05, 0) is 45.2 Å². The van der Waals surface area contributed by atoms with Crippen LogP contribution < -0.4 is 10.6 Å². The molecule has 2 heterocycles. The van der Waals surface area contributed by atoms with Crippen LogP contribution in [0.5, 0.6) is 0 Å². The Kier molecular flexibility index (Phi) is 5.84. The van der Waals surface area contributed by atoms with Crippen LogP contribution in [0.1, 0.15) is 80.6 Å². The van der Waals surface area contributed by atoms with Crippen molar-refractivity contribution in [3.63, 3.8) is 0 Å². The zero-order chi connectivity index (χ0) is 21.5. The zero-order valence-electron chi connectivity index (χ0n) is 17.9. The third-order valence-electron chi connectivity index (χ3n) is 6.50. The zero-order valence-corrected chi connectivity index (χ0v) is 18.8. The highest BCUT2D eigenvalue weighted by molar-refractivity contribution is 8.01. The van der Waals surface area contributed by atoms with Crippen LogP contribution in [-0.4, -0.2) is 45.5 Å². The Morgan fingerprint density at radius 1 is 1.13 bits per heavy atom. The first kappa shape index (κ1) is 21.2. The van der Waals surface area contributed by atoms with E-state index in [0.717, 1.165) is 31.2 Å². The molecule has 1 unspecified atom stereocenters. The van der Waals surface area contributed by atoms with Crippen molar-refractivity contribution in [3.05, 3.63) is 35.4 Å². The van der Waals surface area contributed by atoms with Gasteiger partial charge in [0.1, 0.15) is 17.5 Å². The molecule has 30 heavy (non-hydrogen) atoms. The molecule has 0 spiro atoms. The third kappa shape index (κ3) is 3.84. The van der Waals surface area contributed by atoms with Gasteiger partial charge in [-0.2, -0.15) is 0 Å². The SMILES string of the molecule is C[C@H](NC(=O)[C@H]1N2C(=O)c3ccccc3C2SC1(C)C)C(=O)NC1CCCCCC1. The Hall–Kier alpha value is -2.02. The molecule has 0 radical (unpaired) electrons. The van der Waals surface area contributed by atoms with E-state index in [1.807, 2.05) is 38.1 Å².